The van der Waals surface area contributed by atoms with Gasteiger partial charge in [-0.3, -0.25) is 4.99 Å². The van der Waals surface area contributed by atoms with E-state index in [1.54, 1.807) is 7.05 Å². The molecule has 0 radical (unpaired) electrons. The Hall–Kier alpha value is -3.64. The van der Waals surface area contributed by atoms with Crippen molar-refractivity contribution in [2.75, 3.05) is 43.4 Å². The fourth-order valence-electron chi connectivity index (χ4n) is 3.77. The lowest BCUT2D eigenvalue weighted by Gasteiger charge is -2.29. The van der Waals surface area contributed by atoms with Gasteiger partial charge in [-0.15, -0.1) is 0 Å². The first-order valence-electron chi connectivity index (χ1n) is 12.1. The highest BCUT2D eigenvalue weighted by molar-refractivity contribution is 6.08. The Bertz CT molecular complexity index is 1090. The van der Waals surface area contributed by atoms with Gasteiger partial charge < -0.3 is 20.9 Å². The molecule has 0 aliphatic carbocycles. The molecule has 1 aliphatic heterocycles. The van der Waals surface area contributed by atoms with Crippen LogP contribution in [-0.4, -0.2) is 44.9 Å². The number of hydrogen-bond donors (Lipinski definition) is 3. The van der Waals surface area contributed by atoms with Crippen LogP contribution in [0.1, 0.15) is 26.3 Å². The molecule has 3 rings (SSSR count). The Kier molecular flexibility index (Phi) is 9.87. The molecule has 1 aliphatic rings. The van der Waals surface area contributed by atoms with Gasteiger partial charge in [0.1, 0.15) is 0 Å². The first kappa shape index (κ1) is 26.0. The summed E-state index contributed by atoms with van der Waals surface area (Å²) in [5.41, 5.74) is 7.43. The van der Waals surface area contributed by atoms with E-state index < -0.39 is 0 Å². The molecule has 0 bridgehead atoms. The van der Waals surface area contributed by atoms with Gasteiger partial charge in [0.15, 0.2) is 0 Å². The monoisotopic (exact) mass is 470 g/mol. The van der Waals surface area contributed by atoms with Crippen LogP contribution >= 0.6 is 0 Å². The second-order valence-electron chi connectivity index (χ2n) is 8.74. The number of rotatable bonds is 8. The summed E-state index contributed by atoms with van der Waals surface area (Å²) in [6.45, 7) is 14.4. The first-order valence-corrected chi connectivity index (χ1v) is 12.1. The molecule has 0 spiro atoms. The molecule has 0 aromatic heterocycles. The highest BCUT2D eigenvalue weighted by Crippen LogP contribution is 2.18. The number of anilines is 2. The third-order valence-corrected chi connectivity index (χ3v) is 5.88. The second-order valence-corrected chi connectivity index (χ2v) is 8.74. The van der Waals surface area contributed by atoms with Gasteiger partial charge in [0.05, 0.1) is 0 Å². The van der Waals surface area contributed by atoms with Crippen LogP contribution in [0.5, 0.6) is 0 Å². The smallest absolute Gasteiger partial charge is 0.222 e. The van der Waals surface area contributed by atoms with E-state index in [-0.39, 0.29) is 0 Å². The predicted molar refractivity (Wildman–Crippen MR) is 152 cm³/mol. The summed E-state index contributed by atoms with van der Waals surface area (Å²) < 4.78 is 0. The van der Waals surface area contributed by atoms with Crippen LogP contribution in [0.15, 0.2) is 100 Å². The van der Waals surface area contributed by atoms with Crippen LogP contribution in [0.2, 0.25) is 0 Å². The average molecular weight is 471 g/mol. The lowest BCUT2D eigenvalue weighted by Crippen LogP contribution is -2.43. The highest BCUT2D eigenvalue weighted by atomic mass is 15.2. The van der Waals surface area contributed by atoms with E-state index >= 15 is 0 Å². The minimum atomic E-state index is 0.584. The van der Waals surface area contributed by atoms with Gasteiger partial charge in [-0.25, -0.2) is 4.99 Å². The Morgan fingerprint density at radius 2 is 1.69 bits per heavy atom. The van der Waals surface area contributed by atoms with E-state index in [0.29, 0.717) is 5.96 Å². The molecule has 0 saturated carbocycles. The molecule has 0 amide bonds. The Morgan fingerprint density at radius 3 is 2.34 bits per heavy atom. The first-order chi connectivity index (χ1) is 16.9. The summed E-state index contributed by atoms with van der Waals surface area (Å²) in [5, 5.41) is 10.1. The SMILES string of the molecule is C=C(Cc1ccccc1)N/C(C)=C/C=C(C)/C(C)=N/C(=NC)Nc1ccc(N2CCNCC2)cc1. The van der Waals surface area contributed by atoms with Crippen molar-refractivity contribution in [2.45, 2.75) is 27.2 Å². The molecule has 184 valence electrons. The molecule has 0 atom stereocenters. The van der Waals surface area contributed by atoms with Gasteiger partial charge in [-0.05, 0) is 62.2 Å². The molecule has 0 unspecified atom stereocenters. The second kappa shape index (κ2) is 13.3. The van der Waals surface area contributed by atoms with E-state index in [0.717, 1.165) is 61.0 Å². The van der Waals surface area contributed by atoms with Crippen molar-refractivity contribution >= 4 is 23.0 Å². The molecule has 1 heterocycles. The zero-order chi connectivity index (χ0) is 25.0. The molecule has 2 aromatic carbocycles. The van der Waals surface area contributed by atoms with Crippen LogP contribution in [-0.2, 0) is 6.42 Å². The van der Waals surface area contributed by atoms with Gasteiger partial charge in [0.25, 0.3) is 0 Å². The summed E-state index contributed by atoms with van der Waals surface area (Å²) in [4.78, 5) is 11.4. The van der Waals surface area contributed by atoms with Crippen LogP contribution in [0.25, 0.3) is 0 Å². The van der Waals surface area contributed by atoms with E-state index in [4.69, 9.17) is 4.99 Å². The maximum Gasteiger partial charge on any atom is 0.222 e. The quantitative estimate of drug-likeness (QED) is 0.284. The zero-order valence-electron chi connectivity index (χ0n) is 21.4. The lowest BCUT2D eigenvalue weighted by atomic mass is 10.1. The Morgan fingerprint density at radius 1 is 1.00 bits per heavy atom. The fraction of sp³-hybridized carbons (Fsp3) is 0.310. The molecule has 1 fully saturated rings. The summed E-state index contributed by atoms with van der Waals surface area (Å²) in [6.07, 6.45) is 4.91. The van der Waals surface area contributed by atoms with E-state index in [1.807, 2.05) is 32.0 Å². The van der Waals surface area contributed by atoms with Gasteiger partial charge in [-0.1, -0.05) is 43.0 Å². The molecule has 2 aromatic rings. The maximum atomic E-state index is 4.70. The molecular formula is C29H38N6. The summed E-state index contributed by atoms with van der Waals surface area (Å²) >= 11 is 0. The van der Waals surface area contributed by atoms with E-state index in [9.17, 15) is 0 Å². The number of benzene rings is 2. The molecule has 3 N–H and O–H groups in total. The summed E-state index contributed by atoms with van der Waals surface area (Å²) in [6, 6.07) is 18.8. The minimum absolute atomic E-state index is 0.584. The third kappa shape index (κ3) is 8.58. The molecule has 6 heteroatoms. The highest BCUT2D eigenvalue weighted by Gasteiger charge is 2.10. The number of allylic oxidation sites excluding steroid dienone is 5. The Balaban J connectivity index is 1.56. The summed E-state index contributed by atoms with van der Waals surface area (Å²) in [5.74, 6) is 0.584. The maximum absolute atomic E-state index is 4.70. The van der Waals surface area contributed by atoms with E-state index in [1.165, 1.54) is 11.3 Å². The summed E-state index contributed by atoms with van der Waals surface area (Å²) in [7, 11) is 1.75. The van der Waals surface area contributed by atoms with Crippen LogP contribution in [0.3, 0.4) is 0 Å². The molecule has 6 nitrogen and oxygen atoms in total. The lowest BCUT2D eigenvalue weighted by molar-refractivity contribution is 0.589. The topological polar surface area (TPSA) is 64.0 Å². The zero-order valence-corrected chi connectivity index (χ0v) is 21.4. The van der Waals surface area contributed by atoms with Crippen molar-refractivity contribution in [3.63, 3.8) is 0 Å². The third-order valence-electron chi connectivity index (χ3n) is 5.88. The fourth-order valence-corrected chi connectivity index (χ4v) is 3.77. The number of nitrogens with one attached hydrogen (secondary N) is 3. The van der Waals surface area contributed by atoms with Gasteiger partial charge >= 0.3 is 0 Å². The van der Waals surface area contributed by atoms with Crippen molar-refractivity contribution in [3.05, 3.63) is 95.9 Å². The van der Waals surface area contributed by atoms with Gasteiger partial charge in [-0.2, -0.15) is 0 Å². The number of aliphatic imine (C=N–C) groups is 2. The normalized spacial score (nSPS) is 15.7. The minimum Gasteiger partial charge on any atom is -0.369 e. The van der Waals surface area contributed by atoms with Crippen molar-refractivity contribution in [3.8, 4) is 0 Å². The van der Waals surface area contributed by atoms with Gasteiger partial charge in [0.2, 0.25) is 5.96 Å². The van der Waals surface area contributed by atoms with Gasteiger partial charge in [0, 0.05) is 68.1 Å². The van der Waals surface area contributed by atoms with Crippen molar-refractivity contribution in [2.24, 2.45) is 9.98 Å². The standard InChI is InChI=1S/C29H38N6/c1-22(11-12-23(2)32-24(3)21-26-9-7-6-8-10-26)25(4)33-29(30-5)34-27-13-15-28(16-14-27)35-19-17-31-18-20-35/h6-16,31-32H,3,17-21H2,1-2,4-5H3,(H,30,34)/b22-11+,23-12+,33-25+. The van der Waals surface area contributed by atoms with Crippen molar-refractivity contribution in [1.29, 1.82) is 0 Å². The number of nitrogens with zero attached hydrogens (tertiary/aromatic N) is 3. The molecule has 1 saturated heterocycles. The van der Waals surface area contributed by atoms with Crippen molar-refractivity contribution < 1.29 is 0 Å². The van der Waals surface area contributed by atoms with E-state index in [2.05, 4.69) is 87.9 Å². The average Bonchev–Trinajstić information content (AvgIpc) is 2.88. The van der Waals surface area contributed by atoms with Crippen LogP contribution < -0.4 is 20.9 Å². The number of hydrogen-bond acceptors (Lipinski definition) is 4. The van der Waals surface area contributed by atoms with Crippen LogP contribution in [0, 0.1) is 0 Å². The van der Waals surface area contributed by atoms with Crippen LogP contribution in [0.4, 0.5) is 11.4 Å². The number of piperazine rings is 1. The predicted octanol–water partition coefficient (Wildman–Crippen LogP) is 5.15. The largest absolute Gasteiger partial charge is 0.369 e. The molecular weight excluding hydrogens is 432 g/mol. The molecule has 35 heavy (non-hydrogen) atoms. The number of guanidine groups is 1. The Labute approximate surface area is 210 Å². The van der Waals surface area contributed by atoms with Crippen molar-refractivity contribution in [1.82, 2.24) is 10.6 Å².